The van der Waals surface area contributed by atoms with E-state index in [9.17, 15) is 10.1 Å². The normalized spacial score (nSPS) is 10.8. The van der Waals surface area contributed by atoms with Gasteiger partial charge >= 0.3 is 0 Å². The molecule has 3 aromatic carbocycles. The van der Waals surface area contributed by atoms with E-state index < -0.39 is 5.91 Å². The van der Waals surface area contributed by atoms with E-state index in [-0.39, 0.29) is 12.2 Å². The third-order valence-electron chi connectivity index (χ3n) is 4.44. The lowest BCUT2D eigenvalue weighted by Gasteiger charge is -2.11. The minimum atomic E-state index is -0.417. The molecule has 0 spiro atoms. The van der Waals surface area contributed by atoms with Crippen LogP contribution in [0.1, 0.15) is 11.1 Å². The Bertz CT molecular complexity index is 1120. The zero-order valence-electron chi connectivity index (χ0n) is 15.9. The number of nitrogens with zero attached hydrogens (tertiary/aromatic N) is 1. The van der Waals surface area contributed by atoms with E-state index in [0.717, 1.165) is 16.3 Å². The van der Waals surface area contributed by atoms with Crippen molar-refractivity contribution in [2.75, 3.05) is 13.2 Å². The Balaban J connectivity index is 1.85. The maximum Gasteiger partial charge on any atom is 0.261 e. The summed E-state index contributed by atoms with van der Waals surface area (Å²) in [6.45, 7) is 0.544. The van der Waals surface area contributed by atoms with Gasteiger partial charge in [0.15, 0.2) is 0 Å². The van der Waals surface area contributed by atoms with Gasteiger partial charge in [-0.3, -0.25) is 4.79 Å². The highest BCUT2D eigenvalue weighted by Gasteiger charge is 2.13. The van der Waals surface area contributed by atoms with Gasteiger partial charge in [0.1, 0.15) is 24.0 Å². The van der Waals surface area contributed by atoms with E-state index in [1.54, 1.807) is 12.1 Å². The van der Waals surface area contributed by atoms with Crippen LogP contribution in [-0.2, 0) is 11.2 Å². The van der Waals surface area contributed by atoms with Gasteiger partial charge in [0, 0.05) is 12.1 Å². The van der Waals surface area contributed by atoms with E-state index in [1.807, 2.05) is 66.7 Å². The van der Waals surface area contributed by atoms with Gasteiger partial charge < -0.3 is 10.1 Å². The lowest BCUT2D eigenvalue weighted by Crippen LogP contribution is -2.26. The van der Waals surface area contributed by atoms with Crippen LogP contribution in [0.5, 0.6) is 5.75 Å². The Labute approximate surface area is 170 Å². The van der Waals surface area contributed by atoms with Crippen molar-refractivity contribution in [3.05, 3.63) is 83.4 Å². The van der Waals surface area contributed by atoms with Crippen LogP contribution in [0.25, 0.3) is 16.8 Å². The van der Waals surface area contributed by atoms with Crippen LogP contribution in [0.2, 0.25) is 0 Å². The second kappa shape index (κ2) is 9.78. The molecule has 0 heterocycles. The molecule has 0 saturated carbocycles. The summed E-state index contributed by atoms with van der Waals surface area (Å²) in [6.07, 6.45) is 7.56. The monoisotopic (exact) mass is 380 g/mol. The van der Waals surface area contributed by atoms with Crippen molar-refractivity contribution in [1.29, 1.82) is 5.26 Å². The molecule has 0 aromatic heterocycles. The van der Waals surface area contributed by atoms with Gasteiger partial charge in [-0.05, 0) is 34.9 Å². The Morgan fingerprint density at radius 3 is 2.59 bits per heavy atom. The van der Waals surface area contributed by atoms with Gasteiger partial charge in [-0.1, -0.05) is 66.6 Å². The predicted octanol–water partition coefficient (Wildman–Crippen LogP) is 4.12. The average molecular weight is 380 g/mol. The number of nitriles is 1. The van der Waals surface area contributed by atoms with Crippen molar-refractivity contribution >= 4 is 22.8 Å². The molecule has 0 radical (unpaired) electrons. The van der Waals surface area contributed by atoms with Crippen LogP contribution in [0.4, 0.5) is 0 Å². The quantitative estimate of drug-likeness (QED) is 0.381. The molecule has 0 unspecified atom stereocenters. The van der Waals surface area contributed by atoms with E-state index in [4.69, 9.17) is 11.2 Å². The minimum absolute atomic E-state index is 0.0139. The second-order valence-corrected chi connectivity index (χ2v) is 6.35. The number of nitrogens with one attached hydrogen (secondary N) is 1. The first kappa shape index (κ1) is 19.7. The van der Waals surface area contributed by atoms with Gasteiger partial charge in [-0.25, -0.2) is 0 Å². The zero-order chi connectivity index (χ0) is 20.5. The highest BCUT2D eigenvalue weighted by molar-refractivity contribution is 6.05. The number of carbonyl (C=O) groups is 1. The first-order chi connectivity index (χ1) is 14.2. The Hall–Kier alpha value is -4.02. The molecule has 0 aliphatic heterocycles. The molecule has 142 valence electrons. The Morgan fingerprint density at radius 1 is 1.07 bits per heavy atom. The van der Waals surface area contributed by atoms with E-state index in [1.165, 1.54) is 0 Å². The number of amides is 1. The lowest BCUT2D eigenvalue weighted by molar-refractivity contribution is -0.117. The predicted molar refractivity (Wildman–Crippen MR) is 115 cm³/mol. The summed E-state index contributed by atoms with van der Waals surface area (Å²) < 4.78 is 5.64. The van der Waals surface area contributed by atoms with Crippen LogP contribution in [-0.4, -0.2) is 19.1 Å². The Morgan fingerprint density at radius 2 is 1.83 bits per heavy atom. The molecule has 3 rings (SSSR count). The first-order valence-electron chi connectivity index (χ1n) is 9.25. The van der Waals surface area contributed by atoms with E-state index >= 15 is 0 Å². The van der Waals surface area contributed by atoms with Gasteiger partial charge in [-0.15, -0.1) is 6.42 Å². The largest absolute Gasteiger partial charge is 0.480 e. The number of terminal acetylenes is 1. The summed E-state index contributed by atoms with van der Waals surface area (Å²) in [5.74, 6) is 2.55. The molecule has 1 amide bonds. The number of rotatable bonds is 7. The average Bonchev–Trinajstić information content (AvgIpc) is 2.77. The SMILES string of the molecule is C#CCOc1ccc2ccccc2c1/C=C(\C#N)C(=O)NCCc1ccccc1. The number of benzene rings is 3. The van der Waals surface area contributed by atoms with Crippen molar-refractivity contribution in [3.63, 3.8) is 0 Å². The molecule has 4 nitrogen and oxygen atoms in total. The van der Waals surface area contributed by atoms with Crippen molar-refractivity contribution < 1.29 is 9.53 Å². The smallest absolute Gasteiger partial charge is 0.261 e. The summed E-state index contributed by atoms with van der Waals surface area (Å²) >= 11 is 0. The number of hydrogen-bond acceptors (Lipinski definition) is 3. The summed E-state index contributed by atoms with van der Waals surface area (Å²) in [6, 6.07) is 23.3. The summed E-state index contributed by atoms with van der Waals surface area (Å²) in [7, 11) is 0. The molecule has 0 atom stereocenters. The fourth-order valence-corrected chi connectivity index (χ4v) is 3.02. The van der Waals surface area contributed by atoms with Crippen LogP contribution in [0, 0.1) is 23.7 Å². The highest BCUT2D eigenvalue weighted by atomic mass is 16.5. The summed E-state index contributed by atoms with van der Waals surface area (Å²) in [5.41, 5.74) is 1.79. The maximum absolute atomic E-state index is 12.6. The van der Waals surface area contributed by atoms with Crippen molar-refractivity contribution in [2.45, 2.75) is 6.42 Å². The summed E-state index contributed by atoms with van der Waals surface area (Å²) in [5, 5.41) is 14.2. The molecule has 3 aromatic rings. The molecule has 0 aliphatic rings. The fraction of sp³-hybridized carbons (Fsp3) is 0.120. The van der Waals surface area contributed by atoms with Crippen LogP contribution < -0.4 is 10.1 Å². The molecule has 0 fully saturated rings. The third kappa shape index (κ3) is 5.03. The molecule has 0 saturated heterocycles. The van der Waals surface area contributed by atoms with Crippen molar-refractivity contribution in [2.24, 2.45) is 0 Å². The lowest BCUT2D eigenvalue weighted by atomic mass is 10.0. The topological polar surface area (TPSA) is 62.1 Å². The minimum Gasteiger partial charge on any atom is -0.480 e. The van der Waals surface area contributed by atoms with Crippen LogP contribution in [0.3, 0.4) is 0 Å². The molecule has 0 aliphatic carbocycles. The van der Waals surface area contributed by atoms with E-state index in [2.05, 4.69) is 11.2 Å². The first-order valence-corrected chi connectivity index (χ1v) is 9.25. The van der Waals surface area contributed by atoms with Crippen LogP contribution in [0.15, 0.2) is 72.3 Å². The van der Waals surface area contributed by atoms with E-state index in [0.29, 0.717) is 24.3 Å². The van der Waals surface area contributed by atoms with Gasteiger partial charge in [-0.2, -0.15) is 5.26 Å². The molecular formula is C25H20N2O2. The second-order valence-electron chi connectivity index (χ2n) is 6.35. The summed E-state index contributed by atoms with van der Waals surface area (Å²) in [4.78, 5) is 12.6. The van der Waals surface area contributed by atoms with Gasteiger partial charge in [0.25, 0.3) is 5.91 Å². The number of carbonyl (C=O) groups excluding carboxylic acids is 1. The highest BCUT2D eigenvalue weighted by Crippen LogP contribution is 2.30. The molecule has 4 heteroatoms. The third-order valence-corrected chi connectivity index (χ3v) is 4.44. The maximum atomic E-state index is 12.6. The Kier molecular flexibility index (Phi) is 6.66. The zero-order valence-corrected chi connectivity index (χ0v) is 15.9. The van der Waals surface area contributed by atoms with Crippen molar-refractivity contribution in [3.8, 4) is 24.2 Å². The standard InChI is InChI=1S/C25H20N2O2/c1-2-16-29-24-13-12-20-10-6-7-11-22(20)23(24)17-21(18-26)25(28)27-15-14-19-8-4-3-5-9-19/h1,3-13,17H,14-16H2,(H,27,28)/b21-17+. The molecular weight excluding hydrogens is 360 g/mol. The fourth-order valence-electron chi connectivity index (χ4n) is 3.02. The number of ether oxygens (including phenoxy) is 1. The molecule has 0 bridgehead atoms. The van der Waals surface area contributed by atoms with Crippen molar-refractivity contribution in [1.82, 2.24) is 5.32 Å². The molecule has 1 N–H and O–H groups in total. The number of fused-ring (bicyclic) bond motifs is 1. The van der Waals surface area contributed by atoms with Gasteiger partial charge in [0.2, 0.25) is 0 Å². The number of hydrogen-bond donors (Lipinski definition) is 1. The van der Waals surface area contributed by atoms with Gasteiger partial charge in [0.05, 0.1) is 0 Å². The van der Waals surface area contributed by atoms with Crippen LogP contribution >= 0.6 is 0 Å². The molecule has 29 heavy (non-hydrogen) atoms.